The minimum atomic E-state index is 0.938. The topological polar surface area (TPSA) is 17.8 Å². The van der Waals surface area contributed by atoms with Gasteiger partial charge in [0, 0.05) is 42.1 Å². The Morgan fingerprint density at radius 3 is 1.52 bits per heavy atom. The Balaban J connectivity index is 1.05. The van der Waals surface area contributed by atoms with E-state index in [9.17, 15) is 0 Å². The highest BCUT2D eigenvalue weighted by molar-refractivity contribution is 7.25. The summed E-state index contributed by atoms with van der Waals surface area (Å²) in [6, 6.07) is 84.8. The fraction of sp³-hybridized carbons (Fsp3) is 0. The first kappa shape index (κ1) is 37.0. The smallest absolute Gasteiger partial charge is 0.0730 e. The molecule has 3 aromatic heterocycles. The van der Waals surface area contributed by atoms with E-state index in [0.717, 1.165) is 39.2 Å². The van der Waals surface area contributed by atoms with E-state index in [1.807, 2.05) is 11.3 Å². The van der Waals surface area contributed by atoms with E-state index in [-0.39, 0.29) is 0 Å². The Morgan fingerprint density at radius 2 is 0.773 bits per heavy atom. The van der Waals surface area contributed by atoms with Crippen LogP contribution in [0.2, 0.25) is 0 Å². The van der Waals surface area contributed by atoms with Crippen LogP contribution >= 0.6 is 11.3 Å². The zero-order valence-corrected chi connectivity index (χ0v) is 36.6. The molecule has 3 heteroatoms. The number of fused-ring (bicyclic) bond motifs is 13. The Morgan fingerprint density at radius 1 is 0.273 bits per heavy atom. The number of aromatic nitrogens is 2. The highest BCUT2D eigenvalue weighted by Gasteiger charge is 2.20. The summed E-state index contributed by atoms with van der Waals surface area (Å²) >= 11 is 1.87. The Bertz CT molecular complexity index is 4220. The molecule has 0 aliphatic heterocycles. The van der Waals surface area contributed by atoms with E-state index >= 15 is 0 Å². The van der Waals surface area contributed by atoms with E-state index in [2.05, 4.69) is 235 Å². The van der Waals surface area contributed by atoms with Crippen molar-refractivity contribution in [1.29, 1.82) is 0 Å². The molecule has 0 aliphatic rings. The lowest BCUT2D eigenvalue weighted by atomic mass is 9.91. The lowest BCUT2D eigenvalue weighted by Gasteiger charge is -2.15. The summed E-state index contributed by atoms with van der Waals surface area (Å²) < 4.78 is 5.12. The van der Waals surface area contributed by atoms with E-state index in [1.165, 1.54) is 96.3 Å². The lowest BCUT2D eigenvalue weighted by Crippen LogP contribution is -1.98. The minimum absolute atomic E-state index is 0.938. The molecule has 0 saturated heterocycles. The standard InChI is InChI=1S/C63H38N2S/c1-3-14-40(15-4-1)58-35-47(36-59(64-58)41-16-5-2-6-17-41)65-60-30-27-45(43-24-23-39-13-7-8-18-42(39)31-43)33-56(60)57-37-54-49-20-10-9-19-48(49)53-32-44(25-28-50(53)55(54)38-61(57)65)46-26-29-52-51-21-11-12-22-62(51)66-63(52)34-46/h1-38H. The van der Waals surface area contributed by atoms with Gasteiger partial charge in [0.05, 0.1) is 28.1 Å². The van der Waals surface area contributed by atoms with Crippen molar-refractivity contribution in [3.63, 3.8) is 0 Å². The summed E-state index contributed by atoms with van der Waals surface area (Å²) in [5, 5.41) is 15.1. The Labute approximate surface area is 384 Å². The van der Waals surface area contributed by atoms with E-state index in [4.69, 9.17) is 4.98 Å². The van der Waals surface area contributed by atoms with Crippen LogP contribution in [0.15, 0.2) is 231 Å². The van der Waals surface area contributed by atoms with Gasteiger partial charge in [0.2, 0.25) is 0 Å². The Hall–Kier alpha value is -8.37. The van der Waals surface area contributed by atoms with Gasteiger partial charge in [-0.3, -0.25) is 0 Å². The number of nitrogens with zero attached hydrogens (tertiary/aromatic N) is 2. The molecule has 306 valence electrons. The fourth-order valence-corrected chi connectivity index (χ4v) is 11.7. The van der Waals surface area contributed by atoms with Crippen LogP contribution in [0.1, 0.15) is 0 Å². The molecule has 0 bridgehead atoms. The summed E-state index contributed by atoms with van der Waals surface area (Å²) in [5.74, 6) is 0. The van der Waals surface area contributed by atoms with Crippen molar-refractivity contribution >= 4 is 96.4 Å². The van der Waals surface area contributed by atoms with Crippen LogP contribution in [0.4, 0.5) is 0 Å². The summed E-state index contributed by atoms with van der Waals surface area (Å²) in [4.78, 5) is 5.30. The number of pyridine rings is 1. The largest absolute Gasteiger partial charge is 0.309 e. The number of benzene rings is 11. The number of hydrogen-bond acceptors (Lipinski definition) is 2. The maximum atomic E-state index is 5.30. The van der Waals surface area contributed by atoms with Crippen LogP contribution in [-0.2, 0) is 0 Å². The molecule has 3 heterocycles. The second kappa shape index (κ2) is 14.6. The van der Waals surface area contributed by atoms with Crippen LogP contribution in [0, 0.1) is 0 Å². The monoisotopic (exact) mass is 854 g/mol. The zero-order valence-electron chi connectivity index (χ0n) is 35.7. The van der Waals surface area contributed by atoms with Gasteiger partial charge >= 0.3 is 0 Å². The van der Waals surface area contributed by atoms with Crippen LogP contribution in [-0.4, -0.2) is 9.55 Å². The number of hydrogen-bond donors (Lipinski definition) is 0. The third-order valence-corrected chi connectivity index (χ3v) is 14.9. The zero-order chi connectivity index (χ0) is 43.3. The molecule has 2 nitrogen and oxygen atoms in total. The molecule has 66 heavy (non-hydrogen) atoms. The summed E-state index contributed by atoms with van der Waals surface area (Å²) in [5.41, 5.74) is 12.3. The average Bonchev–Trinajstić information content (AvgIpc) is 3.93. The first-order valence-corrected chi connectivity index (χ1v) is 23.4. The van der Waals surface area contributed by atoms with Gasteiger partial charge in [-0.15, -0.1) is 11.3 Å². The molecular formula is C63H38N2S. The van der Waals surface area contributed by atoms with Crippen LogP contribution < -0.4 is 0 Å². The van der Waals surface area contributed by atoms with E-state index < -0.39 is 0 Å². The van der Waals surface area contributed by atoms with Gasteiger partial charge in [-0.25, -0.2) is 4.98 Å². The van der Waals surface area contributed by atoms with Crippen LogP contribution in [0.5, 0.6) is 0 Å². The van der Waals surface area contributed by atoms with Crippen molar-refractivity contribution in [3.05, 3.63) is 231 Å². The van der Waals surface area contributed by atoms with Crippen molar-refractivity contribution in [2.75, 3.05) is 0 Å². The number of thiophene rings is 1. The molecule has 0 amide bonds. The molecular weight excluding hydrogens is 817 g/mol. The highest BCUT2D eigenvalue weighted by atomic mass is 32.1. The average molecular weight is 855 g/mol. The molecule has 11 aromatic carbocycles. The first-order chi connectivity index (χ1) is 32.7. The molecule has 0 atom stereocenters. The predicted molar refractivity (Wildman–Crippen MR) is 283 cm³/mol. The maximum absolute atomic E-state index is 5.30. The molecule has 0 fully saturated rings. The predicted octanol–water partition coefficient (Wildman–Crippen LogP) is 17.8. The van der Waals surface area contributed by atoms with Crippen molar-refractivity contribution in [3.8, 4) is 50.5 Å². The van der Waals surface area contributed by atoms with Crippen LogP contribution in [0.3, 0.4) is 0 Å². The normalized spacial score (nSPS) is 11.9. The third kappa shape index (κ3) is 5.84. The van der Waals surface area contributed by atoms with Crippen molar-refractivity contribution < 1.29 is 0 Å². The molecule has 0 aliphatic carbocycles. The quantitative estimate of drug-likeness (QED) is 0.158. The highest BCUT2D eigenvalue weighted by Crippen LogP contribution is 2.44. The first-order valence-electron chi connectivity index (χ1n) is 22.6. The SMILES string of the molecule is c1ccc(-c2cc(-n3c4ccc(-c5ccc6ccccc6c5)cc4c4cc5c6ccccc6c6cc(-c7ccc8c(c7)sc7ccccc78)ccc6c5cc43)cc(-c3ccccc3)n2)cc1. The van der Waals surface area contributed by atoms with Gasteiger partial charge in [-0.2, -0.15) is 0 Å². The molecule has 0 N–H and O–H groups in total. The molecule has 14 rings (SSSR count). The lowest BCUT2D eigenvalue weighted by molar-refractivity contribution is 1.16. The molecule has 0 spiro atoms. The Kier molecular flexibility index (Phi) is 8.19. The molecule has 0 unspecified atom stereocenters. The molecule has 0 saturated carbocycles. The second-order valence-electron chi connectivity index (χ2n) is 17.5. The van der Waals surface area contributed by atoms with Crippen molar-refractivity contribution in [2.24, 2.45) is 0 Å². The molecule has 14 aromatic rings. The van der Waals surface area contributed by atoms with Gasteiger partial charge < -0.3 is 4.57 Å². The van der Waals surface area contributed by atoms with Gasteiger partial charge in [-0.05, 0) is 126 Å². The summed E-state index contributed by atoms with van der Waals surface area (Å²) in [7, 11) is 0. The van der Waals surface area contributed by atoms with Crippen LogP contribution in [0.25, 0.3) is 136 Å². The van der Waals surface area contributed by atoms with Gasteiger partial charge in [0.25, 0.3) is 0 Å². The second-order valence-corrected chi connectivity index (χ2v) is 18.6. The maximum Gasteiger partial charge on any atom is 0.0730 e. The summed E-state index contributed by atoms with van der Waals surface area (Å²) in [6.07, 6.45) is 0. The van der Waals surface area contributed by atoms with Crippen molar-refractivity contribution in [1.82, 2.24) is 9.55 Å². The van der Waals surface area contributed by atoms with E-state index in [0.29, 0.717) is 0 Å². The third-order valence-electron chi connectivity index (χ3n) is 13.7. The van der Waals surface area contributed by atoms with Gasteiger partial charge in [-0.1, -0.05) is 170 Å². The minimum Gasteiger partial charge on any atom is -0.309 e. The van der Waals surface area contributed by atoms with Gasteiger partial charge in [0.1, 0.15) is 0 Å². The number of rotatable bonds is 5. The van der Waals surface area contributed by atoms with Gasteiger partial charge in [0.15, 0.2) is 0 Å². The summed E-state index contributed by atoms with van der Waals surface area (Å²) in [6.45, 7) is 0. The molecule has 0 radical (unpaired) electrons. The van der Waals surface area contributed by atoms with Crippen molar-refractivity contribution in [2.45, 2.75) is 0 Å². The van der Waals surface area contributed by atoms with E-state index in [1.54, 1.807) is 0 Å². The fourth-order valence-electron chi connectivity index (χ4n) is 10.5.